The zero-order chi connectivity index (χ0) is 17.6. The fourth-order valence-electron chi connectivity index (χ4n) is 3.18. The highest BCUT2D eigenvalue weighted by Crippen LogP contribution is 2.34. The van der Waals surface area contributed by atoms with Crippen LogP contribution in [-0.2, 0) is 4.79 Å². The predicted molar refractivity (Wildman–Crippen MR) is 84.0 cm³/mol. The number of benzene rings is 1. The summed E-state index contributed by atoms with van der Waals surface area (Å²) in [6.07, 6.45) is 1.27. The Bertz CT molecular complexity index is 863. The highest BCUT2D eigenvalue weighted by molar-refractivity contribution is 5.99. The van der Waals surface area contributed by atoms with Gasteiger partial charge in [0, 0.05) is 18.5 Å². The third-order valence-electron chi connectivity index (χ3n) is 4.33. The number of aliphatic hydroxyl groups excluding tert-OH is 1. The summed E-state index contributed by atoms with van der Waals surface area (Å²) in [5.41, 5.74) is 0.896. The first-order valence-corrected chi connectivity index (χ1v) is 7.93. The average molecular weight is 345 g/mol. The number of carbonyl (C=O) groups is 1. The van der Waals surface area contributed by atoms with Crippen LogP contribution < -0.4 is 4.74 Å². The van der Waals surface area contributed by atoms with Crippen molar-refractivity contribution in [3.63, 3.8) is 0 Å². The number of nitrogens with zero attached hydrogens (tertiary/aromatic N) is 3. The van der Waals surface area contributed by atoms with Gasteiger partial charge in [0.2, 0.25) is 5.89 Å². The van der Waals surface area contributed by atoms with Crippen molar-refractivity contribution in [3.8, 4) is 5.75 Å². The highest BCUT2D eigenvalue weighted by atomic mass is 19.1. The number of ether oxygens (including phenoxy) is 1. The molecule has 2 atom stereocenters. The number of aliphatic hydroxyl groups is 1. The van der Waals surface area contributed by atoms with Gasteiger partial charge >= 0.3 is 0 Å². The Morgan fingerprint density at radius 1 is 1.44 bits per heavy atom. The molecule has 2 aromatic rings. The van der Waals surface area contributed by atoms with E-state index in [1.54, 1.807) is 13.0 Å². The molecule has 3 heterocycles. The smallest absolute Gasteiger partial charge is 0.254 e. The summed E-state index contributed by atoms with van der Waals surface area (Å²) >= 11 is 0. The fraction of sp³-hybridized carbons (Fsp3) is 0.353. The van der Waals surface area contributed by atoms with Crippen LogP contribution in [0, 0.1) is 12.7 Å². The van der Waals surface area contributed by atoms with Gasteiger partial charge < -0.3 is 19.3 Å². The van der Waals surface area contributed by atoms with Crippen LogP contribution in [0.3, 0.4) is 0 Å². The number of fused-ring (bicyclic) bond motifs is 1. The third-order valence-corrected chi connectivity index (χ3v) is 4.33. The van der Waals surface area contributed by atoms with E-state index < -0.39 is 18.0 Å². The quantitative estimate of drug-likeness (QED) is 0.890. The van der Waals surface area contributed by atoms with Gasteiger partial charge in [0.15, 0.2) is 5.82 Å². The Kier molecular flexibility index (Phi) is 3.76. The van der Waals surface area contributed by atoms with Crippen LogP contribution in [0.2, 0.25) is 0 Å². The lowest BCUT2D eigenvalue weighted by Crippen LogP contribution is -2.35. The van der Waals surface area contributed by atoms with Crippen molar-refractivity contribution in [2.24, 2.45) is 0 Å². The number of hydrogen-bond acceptors (Lipinski definition) is 6. The van der Waals surface area contributed by atoms with Gasteiger partial charge in [0.1, 0.15) is 24.2 Å². The fourth-order valence-corrected chi connectivity index (χ4v) is 3.18. The zero-order valence-corrected chi connectivity index (χ0v) is 13.5. The molecule has 0 spiro atoms. The first kappa shape index (κ1) is 15.8. The van der Waals surface area contributed by atoms with Crippen molar-refractivity contribution in [2.75, 3.05) is 13.2 Å². The summed E-state index contributed by atoms with van der Waals surface area (Å²) in [5.74, 6) is 0.596. The van der Waals surface area contributed by atoms with E-state index in [9.17, 15) is 14.3 Å². The van der Waals surface area contributed by atoms with E-state index in [0.717, 1.165) is 0 Å². The number of carbonyl (C=O) groups excluding carboxylic acids is 1. The molecule has 0 unspecified atom stereocenters. The largest absolute Gasteiger partial charge is 0.488 e. The van der Waals surface area contributed by atoms with E-state index in [-0.39, 0.29) is 19.1 Å². The van der Waals surface area contributed by atoms with Gasteiger partial charge in [-0.3, -0.25) is 4.79 Å². The summed E-state index contributed by atoms with van der Waals surface area (Å²) in [4.78, 5) is 18.6. The van der Waals surface area contributed by atoms with Crippen molar-refractivity contribution in [2.45, 2.75) is 25.5 Å². The maximum Gasteiger partial charge on any atom is 0.254 e. The summed E-state index contributed by atoms with van der Waals surface area (Å²) in [7, 11) is 0. The van der Waals surface area contributed by atoms with E-state index in [1.165, 1.54) is 23.1 Å². The molecule has 7 nitrogen and oxygen atoms in total. The minimum Gasteiger partial charge on any atom is -0.488 e. The van der Waals surface area contributed by atoms with Crippen molar-refractivity contribution in [1.29, 1.82) is 0 Å². The monoisotopic (exact) mass is 345 g/mol. The van der Waals surface area contributed by atoms with Crippen molar-refractivity contribution in [3.05, 3.63) is 46.9 Å². The van der Waals surface area contributed by atoms with Gasteiger partial charge in [0.05, 0.1) is 11.7 Å². The van der Waals surface area contributed by atoms with Gasteiger partial charge in [-0.05, 0) is 31.2 Å². The van der Waals surface area contributed by atoms with Crippen LogP contribution in [0.15, 0.2) is 28.3 Å². The molecule has 1 N–H and O–H groups in total. The average Bonchev–Trinajstić information content (AvgIpc) is 3.19. The molecule has 1 fully saturated rings. The number of rotatable bonds is 2. The molecule has 0 bridgehead atoms. The van der Waals surface area contributed by atoms with Gasteiger partial charge in [-0.2, -0.15) is 4.98 Å². The lowest BCUT2D eigenvalue weighted by atomic mass is 10.1. The molecule has 1 aromatic carbocycles. The maximum absolute atomic E-state index is 13.4. The Morgan fingerprint density at radius 3 is 3.04 bits per heavy atom. The molecule has 25 heavy (non-hydrogen) atoms. The van der Waals surface area contributed by atoms with Crippen molar-refractivity contribution < 1.29 is 23.6 Å². The number of β-amino-alcohol motifs (C(OH)–C–C–N with tert-alkyl or cyclic N) is 1. The lowest BCUT2D eigenvalue weighted by Gasteiger charge is -2.25. The molecular formula is C17H16FN3O4. The summed E-state index contributed by atoms with van der Waals surface area (Å²) < 4.78 is 24.1. The number of amides is 1. The SMILES string of the molecule is Cc1noc([C@H]2C[C@@H](O)CN2C(=O)C2=Cc3cc(F)ccc3OC2)n1. The minimum absolute atomic E-state index is 0.0830. The predicted octanol–water partition coefficient (Wildman–Crippen LogP) is 1.63. The summed E-state index contributed by atoms with van der Waals surface area (Å²) in [6, 6.07) is 3.67. The van der Waals surface area contributed by atoms with Crippen LogP contribution in [0.25, 0.3) is 6.08 Å². The molecule has 8 heteroatoms. The first-order valence-electron chi connectivity index (χ1n) is 7.93. The van der Waals surface area contributed by atoms with Crippen LogP contribution in [0.4, 0.5) is 4.39 Å². The molecular weight excluding hydrogens is 329 g/mol. The van der Waals surface area contributed by atoms with Gasteiger partial charge in [0.25, 0.3) is 5.91 Å². The second kappa shape index (κ2) is 5.96. The molecule has 1 aromatic heterocycles. The Labute approximate surface area is 142 Å². The number of aromatic nitrogens is 2. The second-order valence-corrected chi connectivity index (χ2v) is 6.18. The molecule has 1 amide bonds. The Hall–Kier alpha value is -2.74. The van der Waals surface area contributed by atoms with Crippen molar-refractivity contribution in [1.82, 2.24) is 15.0 Å². The van der Waals surface area contributed by atoms with Gasteiger partial charge in [-0.1, -0.05) is 5.16 Å². The normalized spacial score (nSPS) is 22.4. The van der Waals surface area contributed by atoms with E-state index >= 15 is 0 Å². The molecule has 0 saturated carbocycles. The van der Waals surface area contributed by atoms with Gasteiger partial charge in [-0.25, -0.2) is 4.39 Å². The summed E-state index contributed by atoms with van der Waals surface area (Å²) in [5, 5.41) is 13.7. The van der Waals surface area contributed by atoms with Crippen LogP contribution in [0.1, 0.15) is 29.7 Å². The molecule has 1 saturated heterocycles. The number of likely N-dealkylation sites (tertiary alicyclic amines) is 1. The molecule has 0 radical (unpaired) electrons. The first-order chi connectivity index (χ1) is 12.0. The van der Waals surface area contributed by atoms with Crippen molar-refractivity contribution >= 4 is 12.0 Å². The standard InChI is InChI=1S/C17H16FN3O4/c1-9-19-16(25-20-9)14-6-13(22)7-21(14)17(23)11-4-10-5-12(18)2-3-15(10)24-8-11/h2-5,13-14,22H,6-8H2,1H3/t13-,14-/m1/s1. The van der Waals surface area contributed by atoms with Crippen LogP contribution in [-0.4, -0.2) is 45.3 Å². The number of hydrogen-bond donors (Lipinski definition) is 1. The molecule has 2 aliphatic rings. The third kappa shape index (κ3) is 2.89. The maximum atomic E-state index is 13.4. The topological polar surface area (TPSA) is 88.7 Å². The lowest BCUT2D eigenvalue weighted by molar-refractivity contribution is -0.129. The molecule has 130 valence electrons. The highest BCUT2D eigenvalue weighted by Gasteiger charge is 2.40. The van der Waals surface area contributed by atoms with Crippen LogP contribution in [0.5, 0.6) is 5.75 Å². The second-order valence-electron chi connectivity index (χ2n) is 6.18. The summed E-state index contributed by atoms with van der Waals surface area (Å²) in [6.45, 7) is 1.94. The van der Waals surface area contributed by atoms with E-state index in [1.807, 2.05) is 0 Å². The number of aryl methyl sites for hydroxylation is 1. The van der Waals surface area contributed by atoms with Gasteiger partial charge in [-0.15, -0.1) is 0 Å². The van der Waals surface area contributed by atoms with E-state index in [0.29, 0.717) is 35.0 Å². The Morgan fingerprint density at radius 2 is 2.28 bits per heavy atom. The zero-order valence-electron chi connectivity index (χ0n) is 13.5. The molecule has 0 aliphatic carbocycles. The van der Waals surface area contributed by atoms with E-state index in [2.05, 4.69) is 10.1 Å². The van der Waals surface area contributed by atoms with Crippen LogP contribution >= 0.6 is 0 Å². The minimum atomic E-state index is -0.670. The van der Waals surface area contributed by atoms with E-state index in [4.69, 9.17) is 9.26 Å². The number of halogens is 1. The Balaban J connectivity index is 1.63. The molecule has 4 rings (SSSR count). The molecule has 2 aliphatic heterocycles.